The maximum atomic E-state index is 6.17. The first kappa shape index (κ1) is 27.9. The molecule has 0 saturated heterocycles. The largest absolute Gasteiger partial charge is 0.456 e. The maximum absolute atomic E-state index is 6.17. The Kier molecular flexibility index (Phi) is 5.55. The lowest BCUT2D eigenvalue weighted by atomic mass is 9.60. The smallest absolute Gasteiger partial charge is 0.238 e. The van der Waals surface area contributed by atoms with Crippen molar-refractivity contribution in [2.75, 3.05) is 0 Å². The number of nitrogens with zero attached hydrogens (tertiary/aromatic N) is 4. The van der Waals surface area contributed by atoms with E-state index >= 15 is 0 Å². The first-order chi connectivity index (χ1) is 25.8. The van der Waals surface area contributed by atoms with Crippen LogP contribution in [0.1, 0.15) is 45.2 Å². The molecule has 13 rings (SSSR count). The molecule has 0 unspecified atom stereocenters. The van der Waals surface area contributed by atoms with E-state index in [0.29, 0.717) is 17.6 Å². The minimum Gasteiger partial charge on any atom is -0.456 e. The van der Waals surface area contributed by atoms with Crippen LogP contribution in [-0.2, 0) is 0 Å². The highest BCUT2D eigenvalue weighted by Crippen LogP contribution is 2.58. The Morgan fingerprint density at radius 2 is 1.04 bits per heavy atom. The van der Waals surface area contributed by atoms with Gasteiger partial charge in [-0.1, -0.05) is 121 Å². The van der Waals surface area contributed by atoms with E-state index in [0.717, 1.165) is 44.1 Å². The van der Waals surface area contributed by atoms with E-state index in [1.165, 1.54) is 44.2 Å². The monoisotopic (exact) mass is 664 g/mol. The molecule has 3 heterocycles. The van der Waals surface area contributed by atoms with Gasteiger partial charge in [0, 0.05) is 44.5 Å². The molecule has 3 aliphatic rings. The van der Waals surface area contributed by atoms with E-state index in [1.54, 1.807) is 0 Å². The van der Waals surface area contributed by atoms with Crippen LogP contribution >= 0.6 is 0 Å². The average molecular weight is 665 g/mol. The van der Waals surface area contributed by atoms with Gasteiger partial charge in [0.1, 0.15) is 11.2 Å². The molecule has 0 atom stereocenters. The molecule has 10 aromatic rings. The molecule has 5 nitrogen and oxygen atoms in total. The predicted molar refractivity (Wildman–Crippen MR) is 207 cm³/mol. The van der Waals surface area contributed by atoms with Crippen molar-refractivity contribution in [2.24, 2.45) is 0 Å². The summed E-state index contributed by atoms with van der Waals surface area (Å²) in [6.07, 6.45) is 0. The third-order valence-electron chi connectivity index (χ3n) is 11.2. The summed E-state index contributed by atoms with van der Waals surface area (Å²) in [5.41, 5.74) is 14.1. The fourth-order valence-corrected chi connectivity index (χ4v) is 9.11. The van der Waals surface area contributed by atoms with Crippen LogP contribution in [0.5, 0.6) is 0 Å². The highest BCUT2D eigenvalue weighted by atomic mass is 16.3. The van der Waals surface area contributed by atoms with Gasteiger partial charge in [0.25, 0.3) is 0 Å². The Hall–Kier alpha value is -6.85. The molecule has 0 aliphatic heterocycles. The van der Waals surface area contributed by atoms with E-state index in [4.69, 9.17) is 19.4 Å². The fourth-order valence-electron chi connectivity index (χ4n) is 9.11. The van der Waals surface area contributed by atoms with Crippen LogP contribution in [0, 0.1) is 0 Å². The summed E-state index contributed by atoms with van der Waals surface area (Å²) < 4.78 is 8.41. The van der Waals surface area contributed by atoms with Crippen molar-refractivity contribution >= 4 is 43.7 Å². The van der Waals surface area contributed by atoms with Crippen LogP contribution < -0.4 is 0 Å². The maximum Gasteiger partial charge on any atom is 0.238 e. The molecule has 0 amide bonds. The Morgan fingerprint density at radius 3 is 1.81 bits per heavy atom. The Labute approximate surface area is 298 Å². The average Bonchev–Trinajstić information content (AvgIpc) is 3.76. The number of hydrogen-bond acceptors (Lipinski definition) is 4. The zero-order valence-electron chi connectivity index (χ0n) is 27.9. The summed E-state index contributed by atoms with van der Waals surface area (Å²) in [6, 6.07) is 55.9. The molecular formula is C47H28N4O. The normalized spacial score (nSPS) is 15.7. The molecular weight excluding hydrogens is 637 g/mol. The molecule has 3 aliphatic carbocycles. The number of aromatic nitrogens is 4. The van der Waals surface area contributed by atoms with Crippen molar-refractivity contribution in [3.63, 3.8) is 0 Å². The number of rotatable bonds is 3. The van der Waals surface area contributed by atoms with Crippen molar-refractivity contribution < 1.29 is 4.42 Å². The lowest BCUT2D eigenvalue weighted by molar-refractivity contribution is 0.669. The van der Waals surface area contributed by atoms with Gasteiger partial charge in [-0.15, -0.1) is 0 Å². The van der Waals surface area contributed by atoms with Gasteiger partial charge in [0.15, 0.2) is 11.6 Å². The number of furan rings is 1. The molecule has 7 aromatic carbocycles. The molecule has 242 valence electrons. The zero-order chi connectivity index (χ0) is 33.9. The van der Waals surface area contributed by atoms with Gasteiger partial charge in [-0.25, -0.2) is 4.98 Å². The third-order valence-corrected chi connectivity index (χ3v) is 11.2. The van der Waals surface area contributed by atoms with Crippen LogP contribution in [0.2, 0.25) is 0 Å². The van der Waals surface area contributed by atoms with E-state index in [2.05, 4.69) is 114 Å². The van der Waals surface area contributed by atoms with Gasteiger partial charge in [-0.2, -0.15) is 9.97 Å². The van der Waals surface area contributed by atoms with Crippen molar-refractivity contribution in [1.29, 1.82) is 0 Å². The minimum absolute atomic E-state index is 0.140. The molecule has 3 aromatic heterocycles. The first-order valence-electron chi connectivity index (χ1n) is 17.8. The predicted octanol–water partition coefficient (Wildman–Crippen LogP) is 11.2. The highest BCUT2D eigenvalue weighted by molar-refractivity contribution is 6.12. The Morgan fingerprint density at radius 1 is 0.423 bits per heavy atom. The number of para-hydroxylation sites is 2. The van der Waals surface area contributed by atoms with Gasteiger partial charge in [-0.05, 0) is 69.8 Å². The van der Waals surface area contributed by atoms with Gasteiger partial charge in [0.2, 0.25) is 5.95 Å². The summed E-state index contributed by atoms with van der Waals surface area (Å²) >= 11 is 0. The molecule has 52 heavy (non-hydrogen) atoms. The van der Waals surface area contributed by atoms with Crippen molar-refractivity contribution in [3.05, 3.63) is 191 Å². The second-order valence-electron chi connectivity index (χ2n) is 13.9. The van der Waals surface area contributed by atoms with E-state index < -0.39 is 0 Å². The SMILES string of the molecule is c1ccc(-c2nc(-c3ccc4oc5ccccc5c4c3)nc(-n3c4ccccc4c4c5c(ccc43)C3c4ccccc4C5c4ccccc43)n2)cc1. The van der Waals surface area contributed by atoms with Gasteiger partial charge < -0.3 is 4.42 Å². The summed E-state index contributed by atoms with van der Waals surface area (Å²) in [4.78, 5) is 15.6. The van der Waals surface area contributed by atoms with Crippen LogP contribution in [-0.4, -0.2) is 19.5 Å². The summed E-state index contributed by atoms with van der Waals surface area (Å²) in [7, 11) is 0. The molecule has 0 saturated carbocycles. The zero-order valence-corrected chi connectivity index (χ0v) is 27.9. The lowest BCUT2D eigenvalue weighted by Gasteiger charge is -2.42. The van der Waals surface area contributed by atoms with E-state index in [9.17, 15) is 0 Å². The van der Waals surface area contributed by atoms with Crippen molar-refractivity contribution in [3.8, 4) is 28.7 Å². The fraction of sp³-hybridized carbons (Fsp3) is 0.0426. The molecule has 0 radical (unpaired) electrons. The highest BCUT2D eigenvalue weighted by Gasteiger charge is 2.42. The number of benzene rings is 7. The molecule has 0 spiro atoms. The molecule has 0 fully saturated rings. The van der Waals surface area contributed by atoms with Gasteiger partial charge in [0.05, 0.1) is 11.0 Å². The number of hydrogen-bond donors (Lipinski definition) is 0. The number of fused-ring (bicyclic) bond motifs is 6. The van der Waals surface area contributed by atoms with Crippen LogP contribution in [0.3, 0.4) is 0 Å². The Bertz CT molecular complexity index is 3050. The third kappa shape index (κ3) is 3.74. The molecule has 2 bridgehead atoms. The van der Waals surface area contributed by atoms with E-state index in [-0.39, 0.29) is 11.8 Å². The van der Waals surface area contributed by atoms with Gasteiger partial charge in [-0.3, -0.25) is 4.57 Å². The van der Waals surface area contributed by atoms with E-state index in [1.807, 2.05) is 48.5 Å². The summed E-state index contributed by atoms with van der Waals surface area (Å²) in [6.45, 7) is 0. The summed E-state index contributed by atoms with van der Waals surface area (Å²) in [5.74, 6) is 2.17. The van der Waals surface area contributed by atoms with Gasteiger partial charge >= 0.3 is 0 Å². The van der Waals surface area contributed by atoms with Crippen LogP contribution in [0.25, 0.3) is 72.5 Å². The van der Waals surface area contributed by atoms with Crippen LogP contribution in [0.4, 0.5) is 0 Å². The Balaban J connectivity index is 1.14. The molecule has 0 N–H and O–H groups in total. The molecule has 5 heteroatoms. The lowest BCUT2D eigenvalue weighted by Crippen LogP contribution is -2.27. The second-order valence-corrected chi connectivity index (χ2v) is 13.9. The second kappa shape index (κ2) is 10.3. The van der Waals surface area contributed by atoms with Crippen LogP contribution in [0.15, 0.2) is 162 Å². The topological polar surface area (TPSA) is 56.7 Å². The summed E-state index contributed by atoms with van der Waals surface area (Å²) in [5, 5.41) is 4.57. The first-order valence-corrected chi connectivity index (χ1v) is 17.8. The minimum atomic E-state index is 0.140. The van der Waals surface area contributed by atoms with Crippen molar-refractivity contribution in [1.82, 2.24) is 19.5 Å². The standard InChI is InChI=1S/C47H28N4O/c1-2-12-27(13-3-1)45-48-46(28-22-25-40-36(26-28)29-14-9-11-21-39(29)52-40)50-47(49-45)51-37-20-10-8-19-34(37)43-38(51)24-23-35-41-30-15-4-6-17-32(30)42(44(35)43)33-18-7-5-16-31(33)41/h1-26,41-42H. The quantitative estimate of drug-likeness (QED) is 0.189. The van der Waals surface area contributed by atoms with Crippen molar-refractivity contribution in [2.45, 2.75) is 11.8 Å².